The van der Waals surface area contributed by atoms with E-state index in [0.29, 0.717) is 11.3 Å². The van der Waals surface area contributed by atoms with Gasteiger partial charge < -0.3 is 19.4 Å². The van der Waals surface area contributed by atoms with Gasteiger partial charge in [-0.2, -0.15) is 0 Å². The summed E-state index contributed by atoms with van der Waals surface area (Å²) in [6, 6.07) is 12.9. The van der Waals surface area contributed by atoms with Crippen LogP contribution in [0.25, 0.3) is 0 Å². The van der Waals surface area contributed by atoms with Crippen molar-refractivity contribution in [2.45, 2.75) is 26.4 Å². The molecule has 6 heteroatoms. The molecule has 0 aliphatic heterocycles. The second-order valence-corrected chi connectivity index (χ2v) is 6.60. The van der Waals surface area contributed by atoms with Crippen LogP contribution in [0, 0.1) is 6.92 Å². The molecule has 0 saturated carbocycles. The number of hydrogen-bond acceptors (Lipinski definition) is 4. The third-order valence-electron chi connectivity index (χ3n) is 4.74. The zero-order chi connectivity index (χ0) is 20.1. The maximum atomic E-state index is 12.7. The SMILES string of the molecule is COc1ccc(OC)c(C(C)NC(=O)c2ccc(Cn3ccnc3C)cc2)c1. The lowest BCUT2D eigenvalue weighted by Gasteiger charge is -2.18. The molecule has 0 radical (unpaired) electrons. The van der Waals surface area contributed by atoms with Gasteiger partial charge in [-0.15, -0.1) is 0 Å². The molecule has 2 aromatic carbocycles. The van der Waals surface area contributed by atoms with Crippen LogP contribution in [0.1, 0.15) is 40.3 Å². The third kappa shape index (κ3) is 4.34. The molecule has 28 heavy (non-hydrogen) atoms. The fourth-order valence-corrected chi connectivity index (χ4v) is 3.06. The molecule has 0 fully saturated rings. The highest BCUT2D eigenvalue weighted by Crippen LogP contribution is 2.29. The van der Waals surface area contributed by atoms with Crippen molar-refractivity contribution in [2.24, 2.45) is 0 Å². The van der Waals surface area contributed by atoms with Gasteiger partial charge in [0.1, 0.15) is 17.3 Å². The Morgan fingerprint density at radius 2 is 1.89 bits per heavy atom. The number of aryl methyl sites for hydroxylation is 1. The lowest BCUT2D eigenvalue weighted by atomic mass is 10.1. The summed E-state index contributed by atoms with van der Waals surface area (Å²) in [5.74, 6) is 2.25. The molecule has 0 aliphatic rings. The van der Waals surface area contributed by atoms with E-state index >= 15 is 0 Å². The van der Waals surface area contributed by atoms with Crippen LogP contribution in [0.4, 0.5) is 0 Å². The molecule has 0 saturated heterocycles. The Balaban J connectivity index is 1.70. The molecule has 1 heterocycles. The summed E-state index contributed by atoms with van der Waals surface area (Å²) >= 11 is 0. The van der Waals surface area contributed by atoms with E-state index in [1.54, 1.807) is 20.4 Å². The Bertz CT molecular complexity index is 948. The van der Waals surface area contributed by atoms with Gasteiger partial charge in [-0.1, -0.05) is 12.1 Å². The molecule has 0 bridgehead atoms. The first-order chi connectivity index (χ1) is 13.5. The van der Waals surface area contributed by atoms with Crippen LogP contribution in [-0.4, -0.2) is 29.7 Å². The molecule has 1 aromatic heterocycles. The number of nitrogens with one attached hydrogen (secondary N) is 1. The number of amides is 1. The summed E-state index contributed by atoms with van der Waals surface area (Å²) in [5.41, 5.74) is 2.59. The number of aromatic nitrogens is 2. The molecular formula is C22H25N3O3. The van der Waals surface area contributed by atoms with Crippen LogP contribution >= 0.6 is 0 Å². The Hall–Kier alpha value is -3.28. The number of benzene rings is 2. The van der Waals surface area contributed by atoms with Crippen LogP contribution in [-0.2, 0) is 6.54 Å². The summed E-state index contributed by atoms with van der Waals surface area (Å²) in [7, 11) is 3.22. The molecule has 1 unspecified atom stereocenters. The highest BCUT2D eigenvalue weighted by atomic mass is 16.5. The van der Waals surface area contributed by atoms with Gasteiger partial charge in [0.05, 0.1) is 20.3 Å². The summed E-state index contributed by atoms with van der Waals surface area (Å²) < 4.78 is 12.8. The highest BCUT2D eigenvalue weighted by Gasteiger charge is 2.16. The Labute approximate surface area is 165 Å². The highest BCUT2D eigenvalue weighted by molar-refractivity contribution is 5.94. The van der Waals surface area contributed by atoms with Crippen molar-refractivity contribution in [3.8, 4) is 11.5 Å². The Kier molecular flexibility index (Phi) is 5.99. The van der Waals surface area contributed by atoms with E-state index < -0.39 is 0 Å². The van der Waals surface area contributed by atoms with E-state index in [9.17, 15) is 4.79 Å². The predicted molar refractivity (Wildman–Crippen MR) is 108 cm³/mol. The van der Waals surface area contributed by atoms with Gasteiger partial charge in [0.2, 0.25) is 0 Å². The quantitative estimate of drug-likeness (QED) is 0.679. The summed E-state index contributed by atoms with van der Waals surface area (Å²) in [4.78, 5) is 16.9. The fourth-order valence-electron chi connectivity index (χ4n) is 3.06. The largest absolute Gasteiger partial charge is 0.497 e. The van der Waals surface area contributed by atoms with Crippen molar-refractivity contribution in [2.75, 3.05) is 14.2 Å². The van der Waals surface area contributed by atoms with E-state index in [1.807, 2.05) is 62.5 Å². The van der Waals surface area contributed by atoms with Crippen molar-refractivity contribution in [1.29, 1.82) is 0 Å². The number of nitrogens with zero attached hydrogens (tertiary/aromatic N) is 2. The minimum atomic E-state index is -0.231. The molecule has 0 spiro atoms. The van der Waals surface area contributed by atoms with Gasteiger partial charge in [-0.3, -0.25) is 4.79 Å². The van der Waals surface area contributed by atoms with Gasteiger partial charge >= 0.3 is 0 Å². The Morgan fingerprint density at radius 1 is 1.14 bits per heavy atom. The van der Waals surface area contributed by atoms with Crippen LogP contribution in [0.5, 0.6) is 11.5 Å². The normalized spacial score (nSPS) is 11.7. The van der Waals surface area contributed by atoms with Crippen LogP contribution in [0.2, 0.25) is 0 Å². The van der Waals surface area contributed by atoms with Gasteiger partial charge in [-0.25, -0.2) is 4.98 Å². The maximum absolute atomic E-state index is 12.7. The van der Waals surface area contributed by atoms with Gasteiger partial charge in [0.15, 0.2) is 0 Å². The standard InChI is InChI=1S/C22H25N3O3/c1-15(20-13-19(27-3)9-10-21(20)28-4)24-22(26)18-7-5-17(6-8-18)14-25-12-11-23-16(25)2/h5-13,15H,14H2,1-4H3,(H,24,26). The second-order valence-electron chi connectivity index (χ2n) is 6.60. The number of hydrogen-bond donors (Lipinski definition) is 1. The topological polar surface area (TPSA) is 65.4 Å². The summed E-state index contributed by atoms with van der Waals surface area (Å²) in [6.45, 7) is 4.62. The van der Waals surface area contributed by atoms with Crippen molar-refractivity contribution < 1.29 is 14.3 Å². The number of rotatable bonds is 7. The molecule has 1 amide bonds. The minimum Gasteiger partial charge on any atom is -0.497 e. The molecule has 146 valence electrons. The second kappa shape index (κ2) is 8.61. The smallest absolute Gasteiger partial charge is 0.251 e. The number of methoxy groups -OCH3 is 2. The molecule has 1 atom stereocenters. The average molecular weight is 379 g/mol. The predicted octanol–water partition coefficient (Wildman–Crippen LogP) is 3.75. The van der Waals surface area contributed by atoms with Crippen molar-refractivity contribution in [3.05, 3.63) is 77.4 Å². The maximum Gasteiger partial charge on any atom is 0.251 e. The number of imidazole rings is 1. The van der Waals surface area contributed by atoms with E-state index in [2.05, 4.69) is 14.9 Å². The lowest BCUT2D eigenvalue weighted by Crippen LogP contribution is -2.27. The summed E-state index contributed by atoms with van der Waals surface area (Å²) in [5, 5.41) is 3.02. The molecule has 0 aliphatic carbocycles. The minimum absolute atomic E-state index is 0.136. The monoisotopic (exact) mass is 379 g/mol. The van der Waals surface area contributed by atoms with Crippen LogP contribution < -0.4 is 14.8 Å². The van der Waals surface area contributed by atoms with Gasteiger partial charge in [0.25, 0.3) is 5.91 Å². The zero-order valence-electron chi connectivity index (χ0n) is 16.6. The van der Waals surface area contributed by atoms with Crippen LogP contribution in [0.3, 0.4) is 0 Å². The zero-order valence-corrected chi connectivity index (χ0v) is 16.6. The van der Waals surface area contributed by atoms with E-state index in [4.69, 9.17) is 9.47 Å². The Morgan fingerprint density at radius 3 is 2.50 bits per heavy atom. The molecule has 3 aromatic rings. The van der Waals surface area contributed by atoms with Gasteiger partial charge in [-0.05, 0) is 49.7 Å². The molecule has 3 rings (SSSR count). The fraction of sp³-hybridized carbons (Fsp3) is 0.273. The van der Waals surface area contributed by atoms with E-state index in [-0.39, 0.29) is 11.9 Å². The lowest BCUT2D eigenvalue weighted by molar-refractivity contribution is 0.0939. The molecule has 1 N–H and O–H groups in total. The van der Waals surface area contributed by atoms with Crippen molar-refractivity contribution >= 4 is 5.91 Å². The number of ether oxygens (including phenoxy) is 2. The first-order valence-electron chi connectivity index (χ1n) is 9.11. The molecular weight excluding hydrogens is 354 g/mol. The average Bonchev–Trinajstić information content (AvgIpc) is 3.12. The summed E-state index contributed by atoms with van der Waals surface area (Å²) in [6.07, 6.45) is 3.73. The number of carbonyl (C=O) groups excluding carboxylic acids is 1. The van der Waals surface area contributed by atoms with E-state index in [0.717, 1.165) is 29.2 Å². The van der Waals surface area contributed by atoms with Crippen molar-refractivity contribution in [3.63, 3.8) is 0 Å². The van der Waals surface area contributed by atoms with Gasteiger partial charge in [0, 0.05) is 30.1 Å². The third-order valence-corrected chi connectivity index (χ3v) is 4.74. The van der Waals surface area contributed by atoms with Crippen molar-refractivity contribution in [1.82, 2.24) is 14.9 Å². The van der Waals surface area contributed by atoms with E-state index in [1.165, 1.54) is 0 Å². The number of carbonyl (C=O) groups is 1. The molecule has 6 nitrogen and oxygen atoms in total. The first kappa shape index (κ1) is 19.5. The van der Waals surface area contributed by atoms with Crippen LogP contribution in [0.15, 0.2) is 54.9 Å². The first-order valence-corrected chi connectivity index (χ1v) is 9.11.